The van der Waals surface area contributed by atoms with Gasteiger partial charge in [0.25, 0.3) is 0 Å². The summed E-state index contributed by atoms with van der Waals surface area (Å²) >= 11 is 0. The monoisotopic (exact) mass is 444 g/mol. The van der Waals surface area contributed by atoms with Crippen LogP contribution in [0.2, 0.25) is 0 Å². The number of aliphatic hydroxyl groups excluding tert-OH is 2. The lowest BCUT2D eigenvalue weighted by atomic mass is 9.88. The third-order valence-electron chi connectivity index (χ3n) is 6.28. The Hall–Kier alpha value is -1.98. The van der Waals surface area contributed by atoms with Gasteiger partial charge in [0.1, 0.15) is 12.4 Å². The first-order valence-electron chi connectivity index (χ1n) is 12.3. The van der Waals surface area contributed by atoms with Gasteiger partial charge in [0.2, 0.25) is 0 Å². The first-order chi connectivity index (χ1) is 15.5. The van der Waals surface area contributed by atoms with Crippen LogP contribution < -0.4 is 0 Å². The molecule has 0 unspecified atom stereocenters. The van der Waals surface area contributed by atoms with Gasteiger partial charge in [0.05, 0.1) is 12.2 Å². The highest BCUT2D eigenvalue weighted by molar-refractivity contribution is 5.84. The second kappa shape index (κ2) is 15.0. The standard InChI is InChI=1S/C27H40O5/c1-2-3-7-14-22(28)17-18-24-23(25(29)19-26(24)30)15-10-4-5-11-16-27(31)32-20-21-12-8-6-9-13-21/h6,8-9,12-13,17-18,22-24,26,28,30H,2-5,7,10-11,14-16,19-20H2,1H3/b18-17+/t22-,23+,24+,26+/m0/s1. The molecule has 32 heavy (non-hydrogen) atoms. The molecule has 5 nitrogen and oxygen atoms in total. The number of unbranched alkanes of at least 4 members (excludes halogenated alkanes) is 5. The molecule has 0 saturated heterocycles. The lowest BCUT2D eigenvalue weighted by Crippen LogP contribution is -2.19. The number of rotatable bonds is 15. The summed E-state index contributed by atoms with van der Waals surface area (Å²) in [5.74, 6) is -0.418. The minimum absolute atomic E-state index is 0.122. The first kappa shape index (κ1) is 26.3. The maximum atomic E-state index is 12.3. The Morgan fingerprint density at radius 2 is 1.88 bits per heavy atom. The summed E-state index contributed by atoms with van der Waals surface area (Å²) in [7, 11) is 0. The second-order valence-electron chi connectivity index (χ2n) is 8.97. The Kier molecular flexibility index (Phi) is 12.3. The number of benzene rings is 1. The van der Waals surface area contributed by atoms with Crippen molar-refractivity contribution in [1.29, 1.82) is 0 Å². The minimum Gasteiger partial charge on any atom is -0.461 e. The van der Waals surface area contributed by atoms with Gasteiger partial charge in [-0.15, -0.1) is 0 Å². The van der Waals surface area contributed by atoms with E-state index >= 15 is 0 Å². The molecule has 1 aromatic rings. The third-order valence-corrected chi connectivity index (χ3v) is 6.28. The van der Waals surface area contributed by atoms with Crippen molar-refractivity contribution in [3.63, 3.8) is 0 Å². The number of carbonyl (C=O) groups is 2. The van der Waals surface area contributed by atoms with Gasteiger partial charge in [0.15, 0.2) is 0 Å². The molecule has 0 amide bonds. The lowest BCUT2D eigenvalue weighted by Gasteiger charge is -2.18. The van der Waals surface area contributed by atoms with E-state index in [-0.39, 0.29) is 30.0 Å². The van der Waals surface area contributed by atoms with Crippen molar-refractivity contribution in [1.82, 2.24) is 0 Å². The molecule has 5 heteroatoms. The van der Waals surface area contributed by atoms with E-state index in [9.17, 15) is 19.8 Å². The van der Waals surface area contributed by atoms with Crippen LogP contribution in [-0.2, 0) is 20.9 Å². The van der Waals surface area contributed by atoms with Crippen molar-refractivity contribution in [3.8, 4) is 0 Å². The van der Waals surface area contributed by atoms with Gasteiger partial charge in [-0.2, -0.15) is 0 Å². The number of ether oxygens (including phenoxy) is 1. The molecular weight excluding hydrogens is 404 g/mol. The van der Waals surface area contributed by atoms with Crippen LogP contribution in [0.3, 0.4) is 0 Å². The lowest BCUT2D eigenvalue weighted by molar-refractivity contribution is -0.145. The van der Waals surface area contributed by atoms with E-state index in [4.69, 9.17) is 4.74 Å². The number of esters is 1. The Morgan fingerprint density at radius 3 is 2.62 bits per heavy atom. The topological polar surface area (TPSA) is 83.8 Å². The van der Waals surface area contributed by atoms with Crippen molar-refractivity contribution in [2.24, 2.45) is 11.8 Å². The normalized spacial score (nSPS) is 21.8. The molecular formula is C27H40O5. The molecule has 0 aliphatic heterocycles. The molecule has 1 fully saturated rings. The summed E-state index contributed by atoms with van der Waals surface area (Å²) < 4.78 is 5.29. The van der Waals surface area contributed by atoms with Gasteiger partial charge in [-0.3, -0.25) is 9.59 Å². The van der Waals surface area contributed by atoms with Crippen molar-refractivity contribution < 1.29 is 24.5 Å². The fourth-order valence-electron chi connectivity index (χ4n) is 4.35. The minimum atomic E-state index is -0.647. The van der Waals surface area contributed by atoms with E-state index in [0.717, 1.165) is 63.4 Å². The number of hydrogen-bond acceptors (Lipinski definition) is 5. The van der Waals surface area contributed by atoms with E-state index < -0.39 is 12.2 Å². The predicted octanol–water partition coefficient (Wildman–Crippen LogP) is 5.13. The largest absolute Gasteiger partial charge is 0.461 e. The van der Waals surface area contributed by atoms with Crippen LogP contribution in [0.15, 0.2) is 42.5 Å². The number of aliphatic hydroxyl groups is 2. The van der Waals surface area contributed by atoms with Gasteiger partial charge in [-0.05, 0) is 24.8 Å². The van der Waals surface area contributed by atoms with Gasteiger partial charge in [0, 0.05) is 24.7 Å². The third kappa shape index (κ3) is 9.66. The Balaban J connectivity index is 1.62. The van der Waals surface area contributed by atoms with Crippen LogP contribution in [0.4, 0.5) is 0 Å². The van der Waals surface area contributed by atoms with Crippen molar-refractivity contribution in [2.75, 3.05) is 0 Å². The predicted molar refractivity (Wildman–Crippen MR) is 126 cm³/mol. The van der Waals surface area contributed by atoms with E-state index in [1.165, 1.54) is 0 Å². The van der Waals surface area contributed by atoms with Crippen LogP contribution in [0, 0.1) is 11.8 Å². The Bertz CT molecular complexity index is 699. The molecule has 1 aliphatic carbocycles. The quantitative estimate of drug-likeness (QED) is 0.222. The maximum absolute atomic E-state index is 12.3. The van der Waals surface area contributed by atoms with E-state index in [1.54, 1.807) is 6.08 Å². The fourth-order valence-corrected chi connectivity index (χ4v) is 4.35. The molecule has 1 saturated carbocycles. The fraction of sp³-hybridized carbons (Fsp3) is 0.630. The molecule has 0 aromatic heterocycles. The van der Waals surface area contributed by atoms with Gasteiger partial charge < -0.3 is 14.9 Å². The average Bonchev–Trinajstić information content (AvgIpc) is 3.06. The number of hydrogen-bond donors (Lipinski definition) is 2. The maximum Gasteiger partial charge on any atom is 0.306 e. The number of carbonyl (C=O) groups excluding carboxylic acids is 2. The molecule has 2 N–H and O–H groups in total. The zero-order valence-corrected chi connectivity index (χ0v) is 19.5. The summed E-state index contributed by atoms with van der Waals surface area (Å²) in [6.07, 6.45) is 11.3. The summed E-state index contributed by atoms with van der Waals surface area (Å²) in [4.78, 5) is 24.2. The molecule has 0 radical (unpaired) electrons. The molecule has 0 bridgehead atoms. The average molecular weight is 445 g/mol. The molecule has 2 rings (SSSR count). The molecule has 1 aliphatic rings. The summed E-state index contributed by atoms with van der Waals surface area (Å²) in [6, 6.07) is 9.65. The zero-order chi connectivity index (χ0) is 23.2. The van der Waals surface area contributed by atoms with Crippen LogP contribution in [0.25, 0.3) is 0 Å². The van der Waals surface area contributed by atoms with Gasteiger partial charge in [-0.1, -0.05) is 87.9 Å². The molecule has 0 spiro atoms. The highest BCUT2D eigenvalue weighted by Crippen LogP contribution is 2.34. The highest BCUT2D eigenvalue weighted by Gasteiger charge is 2.39. The molecule has 0 heterocycles. The Labute approximate surface area is 192 Å². The van der Waals surface area contributed by atoms with Crippen molar-refractivity contribution in [2.45, 2.75) is 96.4 Å². The zero-order valence-electron chi connectivity index (χ0n) is 19.5. The molecule has 4 atom stereocenters. The number of Topliss-reactive ketones (excluding diaryl/α,β-unsaturated/α-hetero) is 1. The summed E-state index contributed by atoms with van der Waals surface area (Å²) in [5, 5.41) is 20.4. The van der Waals surface area contributed by atoms with Crippen molar-refractivity contribution in [3.05, 3.63) is 48.0 Å². The van der Waals surface area contributed by atoms with Gasteiger partial charge in [-0.25, -0.2) is 0 Å². The van der Waals surface area contributed by atoms with Crippen LogP contribution in [0.5, 0.6) is 0 Å². The van der Waals surface area contributed by atoms with E-state index in [2.05, 4.69) is 6.92 Å². The van der Waals surface area contributed by atoms with Crippen LogP contribution >= 0.6 is 0 Å². The highest BCUT2D eigenvalue weighted by atomic mass is 16.5. The molecule has 1 aromatic carbocycles. The Morgan fingerprint density at radius 1 is 1.12 bits per heavy atom. The smallest absolute Gasteiger partial charge is 0.306 e. The first-order valence-corrected chi connectivity index (χ1v) is 12.3. The van der Waals surface area contributed by atoms with Crippen LogP contribution in [0.1, 0.15) is 83.1 Å². The SMILES string of the molecule is CCCCC[C@H](O)/C=C/[C@H]1[C@H](O)CC(=O)[C@@H]1CCCCCCC(=O)OCc1ccccc1. The number of ketones is 1. The second-order valence-corrected chi connectivity index (χ2v) is 8.97. The van der Waals surface area contributed by atoms with Crippen molar-refractivity contribution >= 4 is 11.8 Å². The van der Waals surface area contributed by atoms with Crippen LogP contribution in [-0.4, -0.2) is 34.2 Å². The molecule has 178 valence electrons. The van der Waals surface area contributed by atoms with Gasteiger partial charge >= 0.3 is 5.97 Å². The summed E-state index contributed by atoms with van der Waals surface area (Å²) in [6.45, 7) is 2.44. The van der Waals surface area contributed by atoms with E-state index in [1.807, 2.05) is 36.4 Å². The summed E-state index contributed by atoms with van der Waals surface area (Å²) in [5.41, 5.74) is 0.987. The van der Waals surface area contributed by atoms with E-state index in [0.29, 0.717) is 13.0 Å².